The summed E-state index contributed by atoms with van der Waals surface area (Å²) in [4.78, 5) is 14.8. The van der Waals surface area contributed by atoms with E-state index in [0.29, 0.717) is 5.56 Å². The standard InChI is InChI=1S/C21H17FO2S2/c1-24-21(23)20-18(25-2)11-16(12-3-5-13(22)6-4-12)14-7-8-17-15(19(14)20)9-10-26-17/h3-6,9-11H,7-8H2,1-2H3. The Morgan fingerprint density at radius 2 is 1.92 bits per heavy atom. The molecule has 0 N–H and O–H groups in total. The molecule has 0 radical (unpaired) electrons. The van der Waals surface area contributed by atoms with Crippen LogP contribution in [0.15, 0.2) is 46.7 Å². The molecule has 2 nitrogen and oxygen atoms in total. The second-order valence-electron chi connectivity index (χ2n) is 6.11. The number of rotatable bonds is 3. The summed E-state index contributed by atoms with van der Waals surface area (Å²) >= 11 is 3.26. The van der Waals surface area contributed by atoms with Crippen molar-refractivity contribution in [2.24, 2.45) is 0 Å². The first-order valence-corrected chi connectivity index (χ1v) is 10.4. The minimum Gasteiger partial charge on any atom is -0.465 e. The largest absolute Gasteiger partial charge is 0.465 e. The predicted octanol–water partition coefficient (Wildman–Crippen LogP) is 5.83. The number of esters is 1. The Morgan fingerprint density at radius 1 is 1.15 bits per heavy atom. The Kier molecular flexibility index (Phi) is 4.59. The molecule has 1 aromatic heterocycles. The van der Waals surface area contributed by atoms with Crippen molar-refractivity contribution in [1.82, 2.24) is 0 Å². The fourth-order valence-electron chi connectivity index (χ4n) is 3.60. The van der Waals surface area contributed by atoms with Crippen LogP contribution in [-0.2, 0) is 17.6 Å². The van der Waals surface area contributed by atoms with E-state index in [4.69, 9.17) is 4.74 Å². The summed E-state index contributed by atoms with van der Waals surface area (Å²) < 4.78 is 18.5. The summed E-state index contributed by atoms with van der Waals surface area (Å²) in [5.74, 6) is -0.561. The SMILES string of the molecule is COC(=O)c1c(SC)cc(-c2ccc(F)cc2)c2c1-c1ccsc1CC2. The van der Waals surface area contributed by atoms with Crippen molar-refractivity contribution in [3.63, 3.8) is 0 Å². The van der Waals surface area contributed by atoms with Gasteiger partial charge in [-0.15, -0.1) is 23.1 Å². The van der Waals surface area contributed by atoms with Gasteiger partial charge in [0.2, 0.25) is 0 Å². The average molecular weight is 384 g/mol. The molecule has 0 bridgehead atoms. The predicted molar refractivity (Wildman–Crippen MR) is 106 cm³/mol. The van der Waals surface area contributed by atoms with E-state index in [2.05, 4.69) is 11.4 Å². The van der Waals surface area contributed by atoms with Gasteiger partial charge >= 0.3 is 5.97 Å². The number of aryl methyl sites for hydroxylation is 1. The van der Waals surface area contributed by atoms with Crippen LogP contribution < -0.4 is 0 Å². The Hall–Kier alpha value is -2.11. The minimum absolute atomic E-state index is 0.251. The molecule has 2 aromatic carbocycles. The van der Waals surface area contributed by atoms with Crippen LogP contribution in [0.4, 0.5) is 4.39 Å². The third-order valence-corrected chi connectivity index (χ3v) is 6.52. The number of ether oxygens (including phenoxy) is 1. The van der Waals surface area contributed by atoms with E-state index >= 15 is 0 Å². The zero-order valence-electron chi connectivity index (χ0n) is 14.5. The summed E-state index contributed by atoms with van der Waals surface area (Å²) in [5.41, 5.74) is 5.91. The van der Waals surface area contributed by atoms with Crippen LogP contribution in [0.25, 0.3) is 22.3 Å². The van der Waals surface area contributed by atoms with E-state index in [9.17, 15) is 9.18 Å². The molecule has 1 heterocycles. The molecule has 0 atom stereocenters. The molecule has 1 aliphatic rings. The molecule has 0 unspecified atom stereocenters. The van der Waals surface area contributed by atoms with Crippen LogP contribution in [0.2, 0.25) is 0 Å². The lowest BCUT2D eigenvalue weighted by molar-refractivity contribution is 0.0597. The molecule has 132 valence electrons. The van der Waals surface area contributed by atoms with Gasteiger partial charge in [0.05, 0.1) is 12.7 Å². The number of thiophene rings is 1. The number of hydrogen-bond acceptors (Lipinski definition) is 4. The van der Waals surface area contributed by atoms with E-state index in [1.807, 2.05) is 12.3 Å². The van der Waals surface area contributed by atoms with Gasteiger partial charge in [0.15, 0.2) is 0 Å². The zero-order valence-corrected chi connectivity index (χ0v) is 16.1. The summed E-state index contributed by atoms with van der Waals surface area (Å²) in [6.07, 6.45) is 3.77. The van der Waals surface area contributed by atoms with Crippen molar-refractivity contribution in [2.45, 2.75) is 17.7 Å². The van der Waals surface area contributed by atoms with Gasteiger partial charge in [-0.3, -0.25) is 0 Å². The van der Waals surface area contributed by atoms with Gasteiger partial charge in [-0.05, 0) is 71.0 Å². The van der Waals surface area contributed by atoms with Crippen LogP contribution in [-0.4, -0.2) is 19.3 Å². The number of halogens is 1. The first kappa shape index (κ1) is 17.3. The van der Waals surface area contributed by atoms with E-state index in [-0.39, 0.29) is 11.8 Å². The lowest BCUT2D eigenvalue weighted by atomic mass is 9.82. The Labute approximate surface area is 160 Å². The first-order valence-electron chi connectivity index (χ1n) is 8.29. The van der Waals surface area contributed by atoms with Crippen molar-refractivity contribution in [1.29, 1.82) is 0 Å². The maximum Gasteiger partial charge on any atom is 0.339 e. The quantitative estimate of drug-likeness (QED) is 0.420. The molecule has 3 aromatic rings. The van der Waals surface area contributed by atoms with Gasteiger partial charge < -0.3 is 4.74 Å². The topological polar surface area (TPSA) is 26.3 Å². The number of thioether (sulfide) groups is 1. The molecule has 0 amide bonds. The number of fused-ring (bicyclic) bond motifs is 3. The molecule has 26 heavy (non-hydrogen) atoms. The Balaban J connectivity index is 2.06. The van der Waals surface area contributed by atoms with E-state index in [1.54, 1.807) is 23.5 Å². The number of carbonyl (C=O) groups excluding carboxylic acids is 1. The lowest BCUT2D eigenvalue weighted by Crippen LogP contribution is -2.12. The molecule has 0 spiro atoms. The summed E-state index contributed by atoms with van der Waals surface area (Å²) in [6, 6.07) is 10.7. The number of methoxy groups -OCH3 is 1. The summed E-state index contributed by atoms with van der Waals surface area (Å²) in [5, 5.41) is 2.07. The fourth-order valence-corrected chi connectivity index (χ4v) is 5.11. The highest BCUT2D eigenvalue weighted by Gasteiger charge is 2.29. The molecule has 0 aliphatic heterocycles. The summed E-state index contributed by atoms with van der Waals surface area (Å²) in [7, 11) is 1.42. The Bertz CT molecular complexity index is 990. The van der Waals surface area contributed by atoms with Gasteiger partial charge in [-0.1, -0.05) is 12.1 Å². The normalized spacial score (nSPS) is 12.4. The molecule has 1 aliphatic carbocycles. The maximum absolute atomic E-state index is 13.4. The Morgan fingerprint density at radius 3 is 2.62 bits per heavy atom. The van der Waals surface area contributed by atoms with Gasteiger partial charge in [-0.25, -0.2) is 9.18 Å². The van der Waals surface area contributed by atoms with Gasteiger partial charge in [-0.2, -0.15) is 0 Å². The number of carbonyl (C=O) groups is 1. The van der Waals surface area contributed by atoms with Gasteiger partial charge in [0.25, 0.3) is 0 Å². The van der Waals surface area contributed by atoms with Crippen LogP contribution in [0, 0.1) is 5.82 Å². The van der Waals surface area contributed by atoms with Gasteiger partial charge in [0, 0.05) is 15.3 Å². The second kappa shape index (κ2) is 6.89. The van der Waals surface area contributed by atoms with E-state index < -0.39 is 0 Å². The van der Waals surface area contributed by atoms with Crippen molar-refractivity contribution < 1.29 is 13.9 Å². The molecule has 0 saturated heterocycles. The molecule has 0 saturated carbocycles. The fraction of sp³-hybridized carbons (Fsp3) is 0.190. The number of hydrogen-bond donors (Lipinski definition) is 0. The monoisotopic (exact) mass is 384 g/mol. The second-order valence-corrected chi connectivity index (χ2v) is 7.96. The van der Waals surface area contributed by atoms with Crippen molar-refractivity contribution in [3.05, 3.63) is 63.6 Å². The van der Waals surface area contributed by atoms with Crippen LogP contribution in [0.3, 0.4) is 0 Å². The minimum atomic E-state index is -0.310. The highest BCUT2D eigenvalue weighted by molar-refractivity contribution is 7.98. The smallest absolute Gasteiger partial charge is 0.339 e. The molecule has 0 fully saturated rings. The van der Waals surface area contributed by atoms with Crippen molar-refractivity contribution >= 4 is 29.1 Å². The van der Waals surface area contributed by atoms with E-state index in [0.717, 1.165) is 45.6 Å². The average Bonchev–Trinajstić information content (AvgIpc) is 3.15. The molecular weight excluding hydrogens is 367 g/mol. The van der Waals surface area contributed by atoms with Gasteiger partial charge in [0.1, 0.15) is 5.82 Å². The number of benzene rings is 2. The first-order chi connectivity index (χ1) is 12.6. The lowest BCUT2D eigenvalue weighted by Gasteiger charge is -2.24. The molecular formula is C21H17FO2S2. The van der Waals surface area contributed by atoms with E-state index in [1.165, 1.54) is 35.9 Å². The highest BCUT2D eigenvalue weighted by atomic mass is 32.2. The maximum atomic E-state index is 13.4. The van der Waals surface area contributed by atoms with Crippen molar-refractivity contribution in [2.75, 3.05) is 13.4 Å². The zero-order chi connectivity index (χ0) is 18.3. The highest BCUT2D eigenvalue weighted by Crippen LogP contribution is 2.46. The third kappa shape index (κ3) is 2.75. The molecule has 5 heteroatoms. The van der Waals surface area contributed by atoms with Crippen LogP contribution in [0.1, 0.15) is 20.8 Å². The van der Waals surface area contributed by atoms with Crippen molar-refractivity contribution in [3.8, 4) is 22.3 Å². The van der Waals surface area contributed by atoms with Crippen LogP contribution >= 0.6 is 23.1 Å². The molecule has 4 rings (SSSR count). The third-order valence-electron chi connectivity index (χ3n) is 4.78. The van der Waals surface area contributed by atoms with Crippen LogP contribution in [0.5, 0.6) is 0 Å². The summed E-state index contributed by atoms with van der Waals surface area (Å²) in [6.45, 7) is 0.